The minimum absolute atomic E-state index is 0.140. The topological polar surface area (TPSA) is 47.3 Å². The quantitative estimate of drug-likeness (QED) is 0.674. The van der Waals surface area contributed by atoms with Gasteiger partial charge in [-0.1, -0.05) is 6.42 Å². The van der Waals surface area contributed by atoms with Crippen LogP contribution in [0.3, 0.4) is 0 Å². The monoisotopic (exact) mass is 237 g/mol. The maximum atomic E-state index is 11.7. The predicted molar refractivity (Wildman–Crippen MR) is 67.3 cm³/mol. The summed E-state index contributed by atoms with van der Waals surface area (Å²) in [6.45, 7) is 2.49. The van der Waals surface area contributed by atoms with E-state index < -0.39 is 0 Å². The highest BCUT2D eigenvalue weighted by Gasteiger charge is 2.19. The Bertz CT molecular complexity index is 281. The lowest BCUT2D eigenvalue weighted by Crippen LogP contribution is -2.34. The van der Waals surface area contributed by atoms with E-state index in [2.05, 4.69) is 18.0 Å². The van der Waals surface area contributed by atoms with Gasteiger partial charge in [-0.15, -0.1) is 0 Å². The van der Waals surface area contributed by atoms with E-state index in [-0.39, 0.29) is 5.91 Å². The minimum atomic E-state index is 0.140. The molecule has 4 heteroatoms. The van der Waals surface area contributed by atoms with Gasteiger partial charge in [-0.05, 0) is 25.8 Å². The zero-order chi connectivity index (χ0) is 12.7. The van der Waals surface area contributed by atoms with Crippen molar-refractivity contribution in [2.24, 2.45) is 5.92 Å². The van der Waals surface area contributed by atoms with Crippen molar-refractivity contribution in [3.8, 4) is 6.07 Å². The third-order valence-corrected chi connectivity index (χ3v) is 3.49. The summed E-state index contributed by atoms with van der Waals surface area (Å²) in [5, 5.41) is 8.45. The summed E-state index contributed by atoms with van der Waals surface area (Å²) in [5.41, 5.74) is 0. The Balaban J connectivity index is 2.11. The van der Waals surface area contributed by atoms with E-state index in [4.69, 9.17) is 5.26 Å². The first-order valence-electron chi connectivity index (χ1n) is 6.43. The summed E-state index contributed by atoms with van der Waals surface area (Å²) in [6, 6.07) is 2.06. The average molecular weight is 237 g/mol. The van der Waals surface area contributed by atoms with Gasteiger partial charge in [0.1, 0.15) is 0 Å². The first-order valence-corrected chi connectivity index (χ1v) is 6.43. The molecule has 0 aromatic rings. The molecule has 0 bridgehead atoms. The lowest BCUT2D eigenvalue weighted by atomic mass is 9.85. The molecule has 0 aromatic carbocycles. The molecule has 1 aliphatic rings. The number of hydrogen-bond donors (Lipinski definition) is 0. The van der Waals surface area contributed by atoms with Gasteiger partial charge in [0.25, 0.3) is 0 Å². The van der Waals surface area contributed by atoms with Crippen LogP contribution < -0.4 is 0 Å². The molecule has 0 spiro atoms. The molecule has 0 radical (unpaired) electrons. The van der Waals surface area contributed by atoms with Gasteiger partial charge in [0, 0.05) is 33.1 Å². The Kier molecular flexibility index (Phi) is 5.99. The fraction of sp³-hybridized carbons (Fsp3) is 0.846. The van der Waals surface area contributed by atoms with Crippen molar-refractivity contribution >= 4 is 5.91 Å². The lowest BCUT2D eigenvalue weighted by Gasteiger charge is -2.30. The van der Waals surface area contributed by atoms with Crippen LogP contribution in [0, 0.1) is 17.2 Å². The van der Waals surface area contributed by atoms with E-state index >= 15 is 0 Å². The van der Waals surface area contributed by atoms with Crippen molar-refractivity contribution < 1.29 is 4.79 Å². The summed E-state index contributed by atoms with van der Waals surface area (Å²) < 4.78 is 0. The van der Waals surface area contributed by atoms with Crippen LogP contribution in [0.4, 0.5) is 0 Å². The second-order valence-electron chi connectivity index (χ2n) is 5.03. The van der Waals surface area contributed by atoms with Crippen LogP contribution in [0.5, 0.6) is 0 Å². The normalized spacial score (nSPS) is 15.4. The van der Waals surface area contributed by atoms with Crippen LogP contribution in [-0.2, 0) is 4.79 Å². The first kappa shape index (κ1) is 14.0. The standard InChI is InChI=1S/C13H23N3O/c1-15(11-12-5-3-6-12)10-7-13(17)16(2)9-4-8-14/h12H,3-7,9-11H2,1-2H3. The second-order valence-corrected chi connectivity index (χ2v) is 5.03. The largest absolute Gasteiger partial charge is 0.345 e. The molecule has 1 rings (SSSR count). The molecule has 0 atom stereocenters. The zero-order valence-corrected chi connectivity index (χ0v) is 11.0. The molecule has 1 aliphatic carbocycles. The van der Waals surface area contributed by atoms with Gasteiger partial charge in [-0.25, -0.2) is 0 Å². The first-order chi connectivity index (χ1) is 8.13. The summed E-state index contributed by atoms with van der Waals surface area (Å²) in [5.74, 6) is 0.993. The molecule has 1 amide bonds. The third-order valence-electron chi connectivity index (χ3n) is 3.49. The summed E-state index contributed by atoms with van der Waals surface area (Å²) in [4.78, 5) is 15.6. The van der Waals surface area contributed by atoms with Crippen LogP contribution in [0.1, 0.15) is 32.1 Å². The Morgan fingerprint density at radius 2 is 2.06 bits per heavy atom. The minimum Gasteiger partial charge on any atom is -0.345 e. The Hall–Kier alpha value is -1.08. The molecule has 0 aliphatic heterocycles. The molecular formula is C13H23N3O. The molecule has 0 N–H and O–H groups in total. The van der Waals surface area contributed by atoms with Gasteiger partial charge < -0.3 is 9.80 Å². The number of nitrogens with zero attached hydrogens (tertiary/aromatic N) is 3. The number of nitriles is 1. The van der Waals surface area contributed by atoms with Crippen LogP contribution in [0.25, 0.3) is 0 Å². The number of rotatable bonds is 7. The molecule has 17 heavy (non-hydrogen) atoms. The van der Waals surface area contributed by atoms with E-state index in [1.54, 1.807) is 11.9 Å². The van der Waals surface area contributed by atoms with E-state index in [1.165, 1.54) is 19.3 Å². The molecule has 0 aromatic heterocycles. The predicted octanol–water partition coefficient (Wildman–Crippen LogP) is 1.48. The summed E-state index contributed by atoms with van der Waals surface area (Å²) in [7, 11) is 3.85. The number of amides is 1. The number of carbonyl (C=O) groups excluding carboxylic acids is 1. The summed E-state index contributed by atoms with van der Waals surface area (Å²) in [6.07, 6.45) is 5.04. The van der Waals surface area contributed by atoms with Crippen molar-refractivity contribution in [2.75, 3.05) is 33.7 Å². The van der Waals surface area contributed by atoms with Gasteiger partial charge in [0.15, 0.2) is 0 Å². The molecule has 96 valence electrons. The van der Waals surface area contributed by atoms with Crippen LogP contribution in [0.15, 0.2) is 0 Å². The molecule has 0 saturated heterocycles. The maximum Gasteiger partial charge on any atom is 0.223 e. The van der Waals surface area contributed by atoms with E-state index in [0.717, 1.165) is 19.0 Å². The van der Waals surface area contributed by atoms with Crippen molar-refractivity contribution in [3.05, 3.63) is 0 Å². The highest BCUT2D eigenvalue weighted by Crippen LogP contribution is 2.26. The fourth-order valence-electron chi connectivity index (χ4n) is 2.03. The van der Waals surface area contributed by atoms with Crippen LogP contribution in [-0.4, -0.2) is 49.4 Å². The van der Waals surface area contributed by atoms with Gasteiger partial charge in [0.05, 0.1) is 12.5 Å². The number of carbonyl (C=O) groups is 1. The van der Waals surface area contributed by atoms with Crippen molar-refractivity contribution in [2.45, 2.75) is 32.1 Å². The molecular weight excluding hydrogens is 214 g/mol. The SMILES string of the molecule is CN(CCC(=O)N(C)CCC#N)CC1CCC1. The molecule has 4 nitrogen and oxygen atoms in total. The molecule has 0 heterocycles. The van der Waals surface area contributed by atoms with E-state index in [1.807, 2.05) is 0 Å². The van der Waals surface area contributed by atoms with Crippen molar-refractivity contribution in [1.82, 2.24) is 9.80 Å². The molecule has 1 saturated carbocycles. The zero-order valence-electron chi connectivity index (χ0n) is 11.0. The van der Waals surface area contributed by atoms with Gasteiger partial charge >= 0.3 is 0 Å². The second kappa shape index (κ2) is 7.29. The third kappa shape index (κ3) is 5.18. The van der Waals surface area contributed by atoms with E-state index in [0.29, 0.717) is 19.4 Å². The fourth-order valence-corrected chi connectivity index (χ4v) is 2.03. The highest BCUT2D eigenvalue weighted by molar-refractivity contribution is 5.76. The average Bonchev–Trinajstić information content (AvgIpc) is 2.27. The lowest BCUT2D eigenvalue weighted by molar-refractivity contribution is -0.130. The van der Waals surface area contributed by atoms with Gasteiger partial charge in [-0.3, -0.25) is 4.79 Å². The maximum absolute atomic E-state index is 11.7. The smallest absolute Gasteiger partial charge is 0.223 e. The Labute approximate surface area is 104 Å². The summed E-state index contributed by atoms with van der Waals surface area (Å²) >= 11 is 0. The van der Waals surface area contributed by atoms with Crippen LogP contribution in [0.2, 0.25) is 0 Å². The van der Waals surface area contributed by atoms with Crippen molar-refractivity contribution in [1.29, 1.82) is 5.26 Å². The van der Waals surface area contributed by atoms with Crippen LogP contribution >= 0.6 is 0 Å². The Morgan fingerprint density at radius 1 is 1.35 bits per heavy atom. The van der Waals surface area contributed by atoms with Crippen molar-refractivity contribution in [3.63, 3.8) is 0 Å². The van der Waals surface area contributed by atoms with E-state index in [9.17, 15) is 4.79 Å². The molecule has 0 unspecified atom stereocenters. The highest BCUT2D eigenvalue weighted by atomic mass is 16.2. The van der Waals surface area contributed by atoms with Gasteiger partial charge in [-0.2, -0.15) is 5.26 Å². The molecule has 1 fully saturated rings. The number of hydrogen-bond acceptors (Lipinski definition) is 3. The van der Waals surface area contributed by atoms with Gasteiger partial charge in [0.2, 0.25) is 5.91 Å². The Morgan fingerprint density at radius 3 is 2.59 bits per heavy atom.